The van der Waals surface area contributed by atoms with Crippen LogP contribution in [-0.4, -0.2) is 16.2 Å². The monoisotopic (exact) mass is 273 g/mol. The van der Waals surface area contributed by atoms with Crippen LogP contribution in [0.5, 0.6) is 5.75 Å². The lowest BCUT2D eigenvalue weighted by atomic mass is 9.92. The van der Waals surface area contributed by atoms with Gasteiger partial charge in [-0.3, -0.25) is 4.98 Å². The molecule has 1 aromatic heterocycles. The van der Waals surface area contributed by atoms with Gasteiger partial charge in [-0.25, -0.2) is 4.39 Å². The fourth-order valence-electron chi connectivity index (χ4n) is 2.06. The number of aromatic nitrogens is 1. The van der Waals surface area contributed by atoms with E-state index in [9.17, 15) is 9.50 Å². The van der Waals surface area contributed by atoms with Gasteiger partial charge in [-0.2, -0.15) is 0 Å². The van der Waals surface area contributed by atoms with Crippen molar-refractivity contribution in [2.75, 3.05) is 0 Å². The SMILES string of the molecule is CC(O)(c1cccc(OC2CC2)c1)c1ccc(F)cn1. The molecule has 1 N–H and O–H groups in total. The van der Waals surface area contributed by atoms with Crippen molar-refractivity contribution in [2.24, 2.45) is 0 Å². The van der Waals surface area contributed by atoms with Crippen molar-refractivity contribution in [3.63, 3.8) is 0 Å². The van der Waals surface area contributed by atoms with Crippen LogP contribution >= 0.6 is 0 Å². The van der Waals surface area contributed by atoms with E-state index in [-0.39, 0.29) is 0 Å². The Balaban J connectivity index is 1.90. The third-order valence-electron chi connectivity index (χ3n) is 3.45. The first-order chi connectivity index (χ1) is 9.55. The van der Waals surface area contributed by atoms with Gasteiger partial charge in [0, 0.05) is 0 Å². The fourth-order valence-corrected chi connectivity index (χ4v) is 2.06. The minimum atomic E-state index is -1.28. The van der Waals surface area contributed by atoms with Crippen LogP contribution in [0.3, 0.4) is 0 Å². The van der Waals surface area contributed by atoms with Crippen molar-refractivity contribution < 1.29 is 14.2 Å². The summed E-state index contributed by atoms with van der Waals surface area (Å²) in [5.41, 5.74) is -0.200. The lowest BCUT2D eigenvalue weighted by Crippen LogP contribution is -2.24. The molecular formula is C16H16FNO2. The van der Waals surface area contributed by atoms with E-state index < -0.39 is 11.4 Å². The molecule has 0 saturated heterocycles. The normalized spacial score (nSPS) is 17.6. The number of hydrogen-bond acceptors (Lipinski definition) is 3. The molecule has 0 radical (unpaired) electrons. The van der Waals surface area contributed by atoms with Gasteiger partial charge in [0.05, 0.1) is 18.0 Å². The topological polar surface area (TPSA) is 42.4 Å². The highest BCUT2D eigenvalue weighted by atomic mass is 19.1. The van der Waals surface area contributed by atoms with Crippen LogP contribution in [0.15, 0.2) is 42.6 Å². The summed E-state index contributed by atoms with van der Waals surface area (Å²) in [6.45, 7) is 1.64. The Morgan fingerprint density at radius 2 is 2.10 bits per heavy atom. The standard InChI is InChI=1S/C16H16FNO2/c1-16(19,15-8-5-12(17)10-18-15)11-3-2-4-14(9-11)20-13-6-7-13/h2-5,8-10,13,19H,6-7H2,1H3. The number of aliphatic hydroxyl groups is 1. The van der Waals surface area contributed by atoms with Crippen molar-refractivity contribution >= 4 is 0 Å². The number of halogens is 1. The summed E-state index contributed by atoms with van der Waals surface area (Å²) in [4.78, 5) is 3.96. The largest absolute Gasteiger partial charge is 0.490 e. The average Bonchev–Trinajstić information content (AvgIpc) is 3.23. The molecule has 1 aliphatic rings. The Labute approximate surface area is 117 Å². The minimum Gasteiger partial charge on any atom is -0.490 e. The molecule has 1 unspecified atom stereocenters. The molecule has 0 amide bonds. The molecule has 1 fully saturated rings. The van der Waals surface area contributed by atoms with Crippen molar-refractivity contribution in [3.8, 4) is 5.75 Å². The lowest BCUT2D eigenvalue weighted by molar-refractivity contribution is 0.0968. The van der Waals surface area contributed by atoms with Gasteiger partial charge in [0.2, 0.25) is 0 Å². The molecular weight excluding hydrogens is 257 g/mol. The maximum absolute atomic E-state index is 12.9. The number of nitrogens with zero attached hydrogens (tertiary/aromatic N) is 1. The second-order valence-electron chi connectivity index (χ2n) is 5.28. The van der Waals surface area contributed by atoms with Crippen LogP contribution in [-0.2, 0) is 5.60 Å². The third kappa shape index (κ3) is 2.65. The molecule has 4 heteroatoms. The van der Waals surface area contributed by atoms with Crippen molar-refractivity contribution in [2.45, 2.75) is 31.5 Å². The van der Waals surface area contributed by atoms with Crippen LogP contribution in [0.2, 0.25) is 0 Å². The second kappa shape index (κ2) is 4.87. The first-order valence-corrected chi connectivity index (χ1v) is 6.67. The van der Waals surface area contributed by atoms with E-state index in [1.54, 1.807) is 6.92 Å². The predicted octanol–water partition coefficient (Wildman–Crippen LogP) is 3.02. The van der Waals surface area contributed by atoms with E-state index in [1.807, 2.05) is 24.3 Å². The van der Waals surface area contributed by atoms with Gasteiger partial charge in [0.25, 0.3) is 0 Å². The minimum absolute atomic E-state index is 0.305. The Bertz CT molecular complexity index is 606. The Morgan fingerprint density at radius 3 is 2.75 bits per heavy atom. The lowest BCUT2D eigenvalue weighted by Gasteiger charge is -2.23. The van der Waals surface area contributed by atoms with Gasteiger partial charge < -0.3 is 9.84 Å². The van der Waals surface area contributed by atoms with E-state index in [0.29, 0.717) is 17.4 Å². The predicted molar refractivity (Wildman–Crippen MR) is 73.0 cm³/mol. The van der Waals surface area contributed by atoms with Gasteiger partial charge in [-0.05, 0) is 49.6 Å². The summed E-state index contributed by atoms with van der Waals surface area (Å²) < 4.78 is 18.7. The number of benzene rings is 1. The molecule has 2 aromatic rings. The molecule has 1 atom stereocenters. The zero-order valence-electron chi connectivity index (χ0n) is 11.2. The van der Waals surface area contributed by atoms with Gasteiger partial charge in [0.15, 0.2) is 0 Å². The number of hydrogen-bond donors (Lipinski definition) is 1. The maximum Gasteiger partial charge on any atom is 0.141 e. The van der Waals surface area contributed by atoms with E-state index in [4.69, 9.17) is 4.74 Å². The summed E-state index contributed by atoms with van der Waals surface area (Å²) >= 11 is 0. The molecule has 3 nitrogen and oxygen atoms in total. The molecule has 1 saturated carbocycles. The van der Waals surface area contributed by atoms with E-state index in [1.165, 1.54) is 12.1 Å². The molecule has 3 rings (SSSR count). The summed E-state index contributed by atoms with van der Waals surface area (Å²) in [6, 6.07) is 10.1. The molecule has 20 heavy (non-hydrogen) atoms. The van der Waals surface area contributed by atoms with Crippen LogP contribution in [0.4, 0.5) is 4.39 Å². The van der Waals surface area contributed by atoms with Crippen LogP contribution in [0.25, 0.3) is 0 Å². The van der Waals surface area contributed by atoms with Crippen LogP contribution in [0.1, 0.15) is 31.0 Å². The maximum atomic E-state index is 12.9. The van der Waals surface area contributed by atoms with Crippen molar-refractivity contribution in [3.05, 3.63) is 59.7 Å². The molecule has 1 heterocycles. The summed E-state index contributed by atoms with van der Waals surface area (Å²) in [7, 11) is 0. The number of pyridine rings is 1. The fraction of sp³-hybridized carbons (Fsp3) is 0.312. The molecule has 0 aliphatic heterocycles. The van der Waals surface area contributed by atoms with Crippen LogP contribution < -0.4 is 4.74 Å². The molecule has 104 valence electrons. The van der Waals surface area contributed by atoms with Gasteiger partial charge in [-0.15, -0.1) is 0 Å². The number of rotatable bonds is 4. The zero-order chi connectivity index (χ0) is 14.2. The highest BCUT2D eigenvalue weighted by Gasteiger charge is 2.29. The van der Waals surface area contributed by atoms with E-state index in [2.05, 4.69) is 4.98 Å². The molecule has 1 aliphatic carbocycles. The highest BCUT2D eigenvalue weighted by Crippen LogP contribution is 2.32. The quantitative estimate of drug-likeness (QED) is 0.931. The van der Waals surface area contributed by atoms with Gasteiger partial charge >= 0.3 is 0 Å². The van der Waals surface area contributed by atoms with E-state index in [0.717, 1.165) is 24.8 Å². The third-order valence-corrected chi connectivity index (χ3v) is 3.45. The second-order valence-corrected chi connectivity index (χ2v) is 5.28. The molecule has 1 aromatic carbocycles. The van der Waals surface area contributed by atoms with E-state index >= 15 is 0 Å². The summed E-state index contributed by atoms with van der Waals surface area (Å²) in [6.07, 6.45) is 3.58. The van der Waals surface area contributed by atoms with Gasteiger partial charge in [0.1, 0.15) is 17.2 Å². The van der Waals surface area contributed by atoms with Crippen LogP contribution in [0, 0.1) is 5.82 Å². The Hall–Kier alpha value is -1.94. The number of ether oxygens (including phenoxy) is 1. The highest BCUT2D eigenvalue weighted by molar-refractivity contribution is 5.37. The molecule has 0 bridgehead atoms. The zero-order valence-corrected chi connectivity index (χ0v) is 11.2. The van der Waals surface area contributed by atoms with Crippen molar-refractivity contribution in [1.82, 2.24) is 4.98 Å². The molecule has 0 spiro atoms. The van der Waals surface area contributed by atoms with Gasteiger partial charge in [-0.1, -0.05) is 12.1 Å². The average molecular weight is 273 g/mol. The summed E-state index contributed by atoms with van der Waals surface area (Å²) in [5.74, 6) is 0.322. The van der Waals surface area contributed by atoms with Crippen molar-refractivity contribution in [1.29, 1.82) is 0 Å². The first-order valence-electron chi connectivity index (χ1n) is 6.67. The Kier molecular flexibility index (Phi) is 3.18. The first kappa shape index (κ1) is 13.1. The Morgan fingerprint density at radius 1 is 1.30 bits per heavy atom. The summed E-state index contributed by atoms with van der Waals surface area (Å²) in [5, 5.41) is 10.7. The smallest absolute Gasteiger partial charge is 0.141 e.